The van der Waals surface area contributed by atoms with E-state index in [1.165, 1.54) is 30.4 Å². The second-order valence-corrected chi connectivity index (χ2v) is 6.28. The first-order chi connectivity index (χ1) is 11.2. The summed E-state index contributed by atoms with van der Waals surface area (Å²) in [6.07, 6.45) is 5.90. The molecule has 2 nitrogen and oxygen atoms in total. The summed E-state index contributed by atoms with van der Waals surface area (Å²) in [5, 5.41) is 3.89. The molecule has 3 N–H and O–H groups in total. The summed E-state index contributed by atoms with van der Waals surface area (Å²) in [6.45, 7) is 4.50. The highest BCUT2D eigenvalue weighted by atomic mass is 15.0. The predicted molar refractivity (Wildman–Crippen MR) is 100 cm³/mol. The predicted octanol–water partition coefficient (Wildman–Crippen LogP) is 5.63. The van der Waals surface area contributed by atoms with Crippen molar-refractivity contribution < 1.29 is 0 Å². The first-order valence-corrected chi connectivity index (χ1v) is 8.91. The Balaban J connectivity index is 2.20. The van der Waals surface area contributed by atoms with Gasteiger partial charge in [0.2, 0.25) is 0 Å². The molecule has 0 aromatic heterocycles. The highest BCUT2D eigenvalue weighted by Gasteiger charge is 2.17. The molecule has 124 valence electrons. The van der Waals surface area contributed by atoms with E-state index in [-0.39, 0.29) is 0 Å². The third-order valence-electron chi connectivity index (χ3n) is 4.34. The minimum Gasteiger partial charge on any atom is -0.399 e. The maximum absolute atomic E-state index is 6.00. The van der Waals surface area contributed by atoms with Crippen LogP contribution in [-0.4, -0.2) is 0 Å². The van der Waals surface area contributed by atoms with Crippen LogP contribution < -0.4 is 11.1 Å². The lowest BCUT2D eigenvalue weighted by atomic mass is 9.96. The molecule has 0 aliphatic rings. The number of rotatable bonds is 9. The van der Waals surface area contributed by atoms with Gasteiger partial charge in [0.1, 0.15) is 0 Å². The Morgan fingerprint density at radius 1 is 0.826 bits per heavy atom. The van der Waals surface area contributed by atoms with E-state index < -0.39 is 0 Å². The van der Waals surface area contributed by atoms with Gasteiger partial charge in [0, 0.05) is 17.8 Å². The number of hydrogen-bond donors (Lipinski definition) is 2. The van der Waals surface area contributed by atoms with Crippen LogP contribution in [0.15, 0.2) is 54.6 Å². The first-order valence-electron chi connectivity index (χ1n) is 8.91. The van der Waals surface area contributed by atoms with Gasteiger partial charge < -0.3 is 11.1 Å². The van der Waals surface area contributed by atoms with Crippen LogP contribution in [0.2, 0.25) is 0 Å². The van der Waals surface area contributed by atoms with Gasteiger partial charge in [0.25, 0.3) is 0 Å². The Morgan fingerprint density at radius 2 is 1.52 bits per heavy atom. The van der Waals surface area contributed by atoms with E-state index in [0.29, 0.717) is 12.1 Å². The molecule has 0 radical (unpaired) electrons. The molecular weight excluding hydrogens is 280 g/mol. The molecule has 2 unspecified atom stereocenters. The van der Waals surface area contributed by atoms with Gasteiger partial charge in [-0.3, -0.25) is 0 Å². The normalized spacial score (nSPS) is 13.7. The average Bonchev–Trinajstić information content (AvgIpc) is 2.58. The van der Waals surface area contributed by atoms with Crippen molar-refractivity contribution in [3.63, 3.8) is 0 Å². The first kappa shape index (κ1) is 17.6. The summed E-state index contributed by atoms with van der Waals surface area (Å²) in [7, 11) is 0. The van der Waals surface area contributed by atoms with Crippen molar-refractivity contribution in [2.75, 3.05) is 5.73 Å². The number of hydrogen-bond acceptors (Lipinski definition) is 2. The van der Waals surface area contributed by atoms with Gasteiger partial charge in [-0.15, -0.1) is 0 Å². The van der Waals surface area contributed by atoms with E-state index in [0.717, 1.165) is 18.5 Å². The van der Waals surface area contributed by atoms with E-state index in [9.17, 15) is 0 Å². The van der Waals surface area contributed by atoms with Crippen molar-refractivity contribution in [2.45, 2.75) is 58.0 Å². The maximum Gasteiger partial charge on any atom is 0.0326 e. The second-order valence-electron chi connectivity index (χ2n) is 6.28. The summed E-state index contributed by atoms with van der Waals surface area (Å²) in [4.78, 5) is 0. The number of nitrogens with one attached hydrogen (secondary N) is 1. The fourth-order valence-electron chi connectivity index (χ4n) is 3.09. The lowest BCUT2D eigenvalue weighted by Gasteiger charge is -2.27. The van der Waals surface area contributed by atoms with E-state index in [1.54, 1.807) is 0 Å². The third-order valence-corrected chi connectivity index (χ3v) is 4.34. The number of nitrogen functional groups attached to an aromatic ring is 1. The number of unbranched alkanes of at least 4 members (excludes halogenated alkanes) is 1. The molecule has 2 heteroatoms. The minimum absolute atomic E-state index is 0.357. The van der Waals surface area contributed by atoms with Gasteiger partial charge in [-0.2, -0.15) is 0 Å². The summed E-state index contributed by atoms with van der Waals surface area (Å²) >= 11 is 0. The highest BCUT2D eigenvalue weighted by Crippen LogP contribution is 2.27. The summed E-state index contributed by atoms with van der Waals surface area (Å²) < 4.78 is 0. The van der Waals surface area contributed by atoms with Crippen LogP contribution in [-0.2, 0) is 0 Å². The number of benzene rings is 2. The Kier molecular flexibility index (Phi) is 7.15. The molecule has 0 fully saturated rings. The van der Waals surface area contributed by atoms with E-state index >= 15 is 0 Å². The molecule has 0 amide bonds. The summed E-state index contributed by atoms with van der Waals surface area (Å²) in [5.41, 5.74) is 9.52. The van der Waals surface area contributed by atoms with Gasteiger partial charge in [-0.25, -0.2) is 0 Å². The van der Waals surface area contributed by atoms with Crippen molar-refractivity contribution in [1.29, 1.82) is 0 Å². The quantitative estimate of drug-likeness (QED) is 0.589. The smallest absolute Gasteiger partial charge is 0.0326 e. The molecule has 2 rings (SSSR count). The highest BCUT2D eigenvalue weighted by molar-refractivity contribution is 5.41. The van der Waals surface area contributed by atoms with E-state index in [4.69, 9.17) is 5.73 Å². The molecule has 23 heavy (non-hydrogen) atoms. The van der Waals surface area contributed by atoms with E-state index in [1.807, 2.05) is 6.07 Å². The Bertz CT molecular complexity index is 565. The third kappa shape index (κ3) is 5.40. The fourth-order valence-corrected chi connectivity index (χ4v) is 3.09. The van der Waals surface area contributed by atoms with Gasteiger partial charge in [0.15, 0.2) is 0 Å². The van der Waals surface area contributed by atoms with Crippen LogP contribution in [0.3, 0.4) is 0 Å². The van der Waals surface area contributed by atoms with Crippen LogP contribution in [0.25, 0.3) is 0 Å². The lowest BCUT2D eigenvalue weighted by molar-refractivity contribution is 0.396. The minimum atomic E-state index is 0.357. The zero-order valence-electron chi connectivity index (χ0n) is 14.5. The van der Waals surface area contributed by atoms with Crippen molar-refractivity contribution >= 4 is 5.69 Å². The zero-order chi connectivity index (χ0) is 16.5. The second kappa shape index (κ2) is 9.36. The molecule has 0 spiro atoms. The van der Waals surface area contributed by atoms with Crippen molar-refractivity contribution in [3.8, 4) is 0 Å². The van der Waals surface area contributed by atoms with Gasteiger partial charge in [-0.1, -0.05) is 75.6 Å². The van der Waals surface area contributed by atoms with Crippen LogP contribution in [0.1, 0.15) is 69.2 Å². The van der Waals surface area contributed by atoms with Crippen LogP contribution >= 0.6 is 0 Å². The fraction of sp³-hybridized carbons (Fsp3) is 0.429. The SMILES string of the molecule is CCCCC(NC(CCC)c1ccccc1)c1cccc(N)c1. The zero-order valence-corrected chi connectivity index (χ0v) is 14.5. The van der Waals surface area contributed by atoms with Gasteiger partial charge >= 0.3 is 0 Å². The molecule has 2 atom stereocenters. The number of nitrogens with two attached hydrogens (primary N) is 1. The molecule has 0 heterocycles. The van der Waals surface area contributed by atoms with Crippen molar-refractivity contribution in [3.05, 3.63) is 65.7 Å². The molecular formula is C21H30N2. The lowest BCUT2D eigenvalue weighted by Crippen LogP contribution is -2.26. The molecule has 0 aliphatic carbocycles. The Hall–Kier alpha value is -1.80. The summed E-state index contributed by atoms with van der Waals surface area (Å²) in [5.74, 6) is 0. The molecule has 0 saturated heterocycles. The monoisotopic (exact) mass is 310 g/mol. The Labute approximate surface area is 141 Å². The summed E-state index contributed by atoms with van der Waals surface area (Å²) in [6, 6.07) is 19.9. The van der Waals surface area contributed by atoms with Crippen LogP contribution in [0.4, 0.5) is 5.69 Å². The average molecular weight is 310 g/mol. The largest absolute Gasteiger partial charge is 0.399 e. The standard InChI is InChI=1S/C21H30N2/c1-3-5-15-21(18-13-9-14-19(22)16-18)23-20(10-4-2)17-11-7-6-8-12-17/h6-9,11-14,16,20-21,23H,3-5,10,15,22H2,1-2H3. The molecule has 0 bridgehead atoms. The van der Waals surface area contributed by atoms with Crippen molar-refractivity contribution in [1.82, 2.24) is 5.32 Å². The van der Waals surface area contributed by atoms with Gasteiger partial charge in [-0.05, 0) is 36.1 Å². The van der Waals surface area contributed by atoms with Crippen molar-refractivity contribution in [2.24, 2.45) is 0 Å². The van der Waals surface area contributed by atoms with Gasteiger partial charge in [0.05, 0.1) is 0 Å². The maximum atomic E-state index is 6.00. The van der Waals surface area contributed by atoms with E-state index in [2.05, 4.69) is 67.7 Å². The number of anilines is 1. The topological polar surface area (TPSA) is 38.0 Å². The molecule has 0 saturated carbocycles. The van der Waals surface area contributed by atoms with Crippen LogP contribution in [0.5, 0.6) is 0 Å². The molecule has 2 aromatic carbocycles. The molecule has 0 aliphatic heterocycles. The molecule has 2 aromatic rings. The van der Waals surface area contributed by atoms with Crippen LogP contribution in [0, 0.1) is 0 Å². The Morgan fingerprint density at radius 3 is 2.17 bits per heavy atom.